The Labute approximate surface area is 114 Å². The van der Waals surface area contributed by atoms with Crippen molar-refractivity contribution in [1.29, 1.82) is 5.26 Å². The van der Waals surface area contributed by atoms with Gasteiger partial charge in [0.1, 0.15) is 6.07 Å². The van der Waals surface area contributed by atoms with Crippen molar-refractivity contribution in [1.82, 2.24) is 0 Å². The van der Waals surface area contributed by atoms with Crippen molar-refractivity contribution in [2.45, 2.75) is 26.2 Å². The summed E-state index contributed by atoms with van der Waals surface area (Å²) in [4.78, 5) is 0. The molecular formula is C17H18N2. The van der Waals surface area contributed by atoms with E-state index in [-0.39, 0.29) is 5.41 Å². The molecule has 2 aromatic rings. The van der Waals surface area contributed by atoms with E-state index in [1.54, 1.807) is 0 Å². The molecule has 2 nitrogen and oxygen atoms in total. The molecule has 2 heteroatoms. The highest BCUT2D eigenvalue weighted by molar-refractivity contribution is 5.66. The molecule has 19 heavy (non-hydrogen) atoms. The van der Waals surface area contributed by atoms with Gasteiger partial charge in [-0.25, -0.2) is 0 Å². The second-order valence-electron chi connectivity index (χ2n) is 5.61. The van der Waals surface area contributed by atoms with Crippen molar-refractivity contribution >= 4 is 11.4 Å². The molecule has 0 unspecified atom stereocenters. The lowest BCUT2D eigenvalue weighted by molar-refractivity contribution is 0.590. The third-order valence-electron chi connectivity index (χ3n) is 3.08. The van der Waals surface area contributed by atoms with Crippen LogP contribution in [-0.4, -0.2) is 0 Å². The number of nitriles is 1. The van der Waals surface area contributed by atoms with E-state index < -0.39 is 0 Å². The van der Waals surface area contributed by atoms with E-state index in [0.717, 1.165) is 11.4 Å². The topological polar surface area (TPSA) is 35.8 Å². The molecule has 0 bridgehead atoms. The summed E-state index contributed by atoms with van der Waals surface area (Å²) in [5, 5.41) is 12.3. The van der Waals surface area contributed by atoms with Crippen molar-refractivity contribution in [3.05, 3.63) is 59.7 Å². The van der Waals surface area contributed by atoms with Crippen LogP contribution < -0.4 is 5.32 Å². The van der Waals surface area contributed by atoms with Crippen molar-refractivity contribution in [2.24, 2.45) is 0 Å². The highest BCUT2D eigenvalue weighted by atomic mass is 14.9. The fraction of sp³-hybridized carbons (Fsp3) is 0.235. The molecule has 0 aliphatic rings. The van der Waals surface area contributed by atoms with Crippen LogP contribution >= 0.6 is 0 Å². The van der Waals surface area contributed by atoms with Gasteiger partial charge in [-0.05, 0) is 35.2 Å². The van der Waals surface area contributed by atoms with Gasteiger partial charge in [-0.3, -0.25) is 0 Å². The van der Waals surface area contributed by atoms with Crippen molar-refractivity contribution in [2.75, 3.05) is 5.32 Å². The largest absolute Gasteiger partial charge is 0.354 e. The normalized spacial score (nSPS) is 10.8. The SMILES string of the molecule is CC(C)(C)c1ccc(Nc2ccccc2C#N)cc1. The van der Waals surface area contributed by atoms with Crippen LogP contribution in [0, 0.1) is 11.3 Å². The minimum absolute atomic E-state index is 0.156. The van der Waals surface area contributed by atoms with Crippen molar-refractivity contribution in [3.8, 4) is 6.07 Å². The number of nitrogens with one attached hydrogen (secondary N) is 1. The number of benzene rings is 2. The number of anilines is 2. The quantitative estimate of drug-likeness (QED) is 0.845. The van der Waals surface area contributed by atoms with Crippen LogP contribution in [0.5, 0.6) is 0 Å². The van der Waals surface area contributed by atoms with Crippen molar-refractivity contribution in [3.63, 3.8) is 0 Å². The molecule has 0 heterocycles. The number of hydrogen-bond acceptors (Lipinski definition) is 2. The predicted octanol–water partition coefficient (Wildman–Crippen LogP) is 4.60. The molecule has 0 aliphatic heterocycles. The Morgan fingerprint density at radius 3 is 2.16 bits per heavy atom. The second-order valence-corrected chi connectivity index (χ2v) is 5.61. The zero-order valence-electron chi connectivity index (χ0n) is 11.6. The zero-order chi connectivity index (χ0) is 13.9. The Morgan fingerprint density at radius 2 is 1.58 bits per heavy atom. The maximum Gasteiger partial charge on any atom is 0.101 e. The van der Waals surface area contributed by atoms with E-state index in [2.05, 4.69) is 56.4 Å². The number of para-hydroxylation sites is 1. The minimum atomic E-state index is 0.156. The van der Waals surface area contributed by atoms with Crippen LogP contribution in [0.25, 0.3) is 0 Å². The fourth-order valence-corrected chi connectivity index (χ4v) is 1.90. The molecule has 0 aromatic heterocycles. The van der Waals surface area contributed by atoms with Crippen LogP contribution in [0.3, 0.4) is 0 Å². The summed E-state index contributed by atoms with van der Waals surface area (Å²) in [6.45, 7) is 6.58. The van der Waals surface area contributed by atoms with E-state index in [9.17, 15) is 0 Å². The standard InChI is InChI=1S/C17H18N2/c1-17(2,3)14-8-10-15(11-9-14)19-16-7-5-4-6-13(16)12-18/h4-11,19H,1-3H3. The molecule has 0 atom stereocenters. The van der Waals surface area contributed by atoms with Crippen LogP contribution in [0.1, 0.15) is 31.9 Å². The summed E-state index contributed by atoms with van der Waals surface area (Å²) < 4.78 is 0. The zero-order valence-corrected chi connectivity index (χ0v) is 11.6. The van der Waals surface area contributed by atoms with E-state index >= 15 is 0 Å². The smallest absolute Gasteiger partial charge is 0.101 e. The highest BCUT2D eigenvalue weighted by Crippen LogP contribution is 2.25. The van der Waals surface area contributed by atoms with Crippen LogP contribution in [0.2, 0.25) is 0 Å². The first kappa shape index (κ1) is 13.2. The first-order valence-electron chi connectivity index (χ1n) is 6.37. The van der Waals surface area contributed by atoms with Gasteiger partial charge in [0.05, 0.1) is 11.3 Å². The lowest BCUT2D eigenvalue weighted by Crippen LogP contribution is -2.10. The second kappa shape index (κ2) is 5.16. The molecule has 1 N–H and O–H groups in total. The summed E-state index contributed by atoms with van der Waals surface area (Å²) in [7, 11) is 0. The molecule has 0 amide bonds. The number of nitrogens with zero attached hydrogens (tertiary/aromatic N) is 1. The summed E-state index contributed by atoms with van der Waals surface area (Å²) >= 11 is 0. The Hall–Kier alpha value is -2.27. The van der Waals surface area contributed by atoms with E-state index in [0.29, 0.717) is 5.56 Å². The van der Waals surface area contributed by atoms with Gasteiger partial charge in [0, 0.05) is 5.69 Å². The number of hydrogen-bond donors (Lipinski definition) is 1. The average molecular weight is 250 g/mol. The van der Waals surface area contributed by atoms with Crippen LogP contribution in [-0.2, 0) is 5.41 Å². The molecule has 0 aliphatic carbocycles. The predicted molar refractivity (Wildman–Crippen MR) is 79.6 cm³/mol. The van der Waals surface area contributed by atoms with Gasteiger partial charge >= 0.3 is 0 Å². The Balaban J connectivity index is 2.23. The Morgan fingerprint density at radius 1 is 0.947 bits per heavy atom. The summed E-state index contributed by atoms with van der Waals surface area (Å²) in [5.74, 6) is 0. The lowest BCUT2D eigenvalue weighted by Gasteiger charge is -2.19. The third kappa shape index (κ3) is 3.14. The fourth-order valence-electron chi connectivity index (χ4n) is 1.90. The third-order valence-corrected chi connectivity index (χ3v) is 3.08. The molecule has 96 valence electrons. The monoisotopic (exact) mass is 250 g/mol. The average Bonchev–Trinajstić information content (AvgIpc) is 2.39. The van der Waals surface area contributed by atoms with Gasteiger partial charge in [-0.15, -0.1) is 0 Å². The molecule has 0 saturated heterocycles. The lowest BCUT2D eigenvalue weighted by atomic mass is 9.87. The van der Waals surface area contributed by atoms with Gasteiger partial charge in [0.25, 0.3) is 0 Å². The molecule has 0 saturated carbocycles. The maximum atomic E-state index is 9.06. The molecular weight excluding hydrogens is 232 g/mol. The molecule has 0 radical (unpaired) electrons. The van der Waals surface area contributed by atoms with E-state index in [4.69, 9.17) is 5.26 Å². The summed E-state index contributed by atoms with van der Waals surface area (Å²) in [6, 6.07) is 18.0. The highest BCUT2D eigenvalue weighted by Gasteiger charge is 2.12. The van der Waals surface area contributed by atoms with E-state index in [1.165, 1.54) is 5.56 Å². The first-order chi connectivity index (χ1) is 9.00. The first-order valence-corrected chi connectivity index (χ1v) is 6.37. The Bertz CT molecular complexity index is 598. The van der Waals surface area contributed by atoms with Gasteiger partial charge in [0.15, 0.2) is 0 Å². The van der Waals surface area contributed by atoms with Gasteiger partial charge < -0.3 is 5.32 Å². The summed E-state index contributed by atoms with van der Waals surface area (Å²) in [6.07, 6.45) is 0. The van der Waals surface area contributed by atoms with Gasteiger partial charge in [0.2, 0.25) is 0 Å². The Kier molecular flexibility index (Phi) is 3.57. The maximum absolute atomic E-state index is 9.06. The van der Waals surface area contributed by atoms with E-state index in [1.807, 2.05) is 24.3 Å². The van der Waals surface area contributed by atoms with Gasteiger partial charge in [-0.2, -0.15) is 5.26 Å². The van der Waals surface area contributed by atoms with Crippen molar-refractivity contribution < 1.29 is 0 Å². The van der Waals surface area contributed by atoms with Crippen LogP contribution in [0.15, 0.2) is 48.5 Å². The molecule has 2 rings (SSSR count). The molecule has 0 fully saturated rings. The molecule has 2 aromatic carbocycles. The van der Waals surface area contributed by atoms with Gasteiger partial charge in [-0.1, -0.05) is 45.0 Å². The minimum Gasteiger partial charge on any atom is -0.354 e. The number of rotatable bonds is 2. The molecule has 0 spiro atoms. The summed E-state index contributed by atoms with van der Waals surface area (Å²) in [5.41, 5.74) is 3.95. The van der Waals surface area contributed by atoms with Crippen LogP contribution in [0.4, 0.5) is 11.4 Å².